The van der Waals surface area contributed by atoms with Gasteiger partial charge in [0.25, 0.3) is 0 Å². The number of nitrogen functional groups attached to an aromatic ring is 1. The van der Waals surface area contributed by atoms with E-state index in [0.29, 0.717) is 0 Å². The third-order valence-electron chi connectivity index (χ3n) is 1.55. The van der Waals surface area contributed by atoms with E-state index in [1.807, 2.05) is 0 Å². The smallest absolute Gasteiger partial charge is 0.141 e. The Morgan fingerprint density at radius 1 is 1.38 bits per heavy atom. The van der Waals surface area contributed by atoms with Crippen LogP contribution in [-0.2, 0) is 0 Å². The van der Waals surface area contributed by atoms with E-state index in [1.165, 1.54) is 12.4 Å². The molecule has 0 saturated heterocycles. The predicted molar refractivity (Wildman–Crippen MR) is 51.3 cm³/mol. The molecule has 0 radical (unpaired) electrons. The van der Waals surface area contributed by atoms with Gasteiger partial charge >= 0.3 is 0 Å². The zero-order chi connectivity index (χ0) is 9.84. The maximum Gasteiger partial charge on any atom is 0.141 e. The molecular formula is C7H11N3O2S. The normalized spacial score (nSPS) is 15.3. The summed E-state index contributed by atoms with van der Waals surface area (Å²) in [4.78, 5) is 7.55. The molecule has 0 saturated carbocycles. The summed E-state index contributed by atoms with van der Waals surface area (Å²) in [5.74, 6) is 0.434. The first kappa shape index (κ1) is 10.2. The van der Waals surface area contributed by atoms with Crippen molar-refractivity contribution in [2.45, 2.75) is 12.2 Å². The first-order chi connectivity index (χ1) is 6.15. The minimum Gasteiger partial charge on any atom is -0.389 e. The van der Waals surface area contributed by atoms with E-state index in [9.17, 15) is 10.2 Å². The predicted octanol–water partition coefficient (Wildman–Crippen LogP) is -0.617. The molecule has 1 aromatic heterocycles. The number of rotatable bonds is 3. The summed E-state index contributed by atoms with van der Waals surface area (Å²) in [5, 5.41) is 18.7. The highest BCUT2D eigenvalue weighted by molar-refractivity contribution is 7.80. The fraction of sp³-hybridized carbons (Fsp3) is 0.429. The van der Waals surface area contributed by atoms with Crippen molar-refractivity contribution in [1.29, 1.82) is 0 Å². The third-order valence-corrected chi connectivity index (χ3v) is 1.92. The van der Waals surface area contributed by atoms with E-state index in [4.69, 9.17) is 5.73 Å². The van der Waals surface area contributed by atoms with Gasteiger partial charge in [0.1, 0.15) is 11.9 Å². The van der Waals surface area contributed by atoms with E-state index >= 15 is 0 Å². The monoisotopic (exact) mass is 201 g/mol. The van der Waals surface area contributed by atoms with E-state index in [1.54, 1.807) is 0 Å². The molecule has 1 rings (SSSR count). The topological polar surface area (TPSA) is 92.3 Å². The van der Waals surface area contributed by atoms with Gasteiger partial charge < -0.3 is 15.9 Å². The molecule has 0 bridgehead atoms. The highest BCUT2D eigenvalue weighted by atomic mass is 32.1. The van der Waals surface area contributed by atoms with E-state index in [-0.39, 0.29) is 17.3 Å². The van der Waals surface area contributed by atoms with Gasteiger partial charge in [-0.3, -0.25) is 4.98 Å². The van der Waals surface area contributed by atoms with Gasteiger partial charge in [0.15, 0.2) is 0 Å². The van der Waals surface area contributed by atoms with E-state index in [0.717, 1.165) is 0 Å². The van der Waals surface area contributed by atoms with Crippen LogP contribution in [0.5, 0.6) is 0 Å². The van der Waals surface area contributed by atoms with Gasteiger partial charge in [0, 0.05) is 5.75 Å². The Morgan fingerprint density at radius 3 is 2.54 bits per heavy atom. The van der Waals surface area contributed by atoms with Crippen molar-refractivity contribution in [2.24, 2.45) is 0 Å². The maximum absolute atomic E-state index is 9.44. The minimum absolute atomic E-state index is 0.160. The largest absolute Gasteiger partial charge is 0.389 e. The number of nitrogens with two attached hydrogens (primary N) is 1. The molecule has 72 valence electrons. The van der Waals surface area contributed by atoms with Crippen molar-refractivity contribution in [3.63, 3.8) is 0 Å². The molecule has 1 aromatic rings. The molecule has 5 nitrogen and oxygen atoms in total. The average Bonchev–Trinajstić information content (AvgIpc) is 2.17. The second kappa shape index (κ2) is 4.40. The van der Waals surface area contributed by atoms with Crippen LogP contribution in [0.25, 0.3) is 0 Å². The summed E-state index contributed by atoms with van der Waals surface area (Å²) in [7, 11) is 0. The zero-order valence-corrected chi connectivity index (χ0v) is 7.72. The van der Waals surface area contributed by atoms with E-state index in [2.05, 4.69) is 22.6 Å². The van der Waals surface area contributed by atoms with Gasteiger partial charge in [-0.1, -0.05) is 0 Å². The molecule has 0 aliphatic rings. The molecule has 2 unspecified atom stereocenters. The van der Waals surface area contributed by atoms with Crippen LogP contribution in [0.15, 0.2) is 12.4 Å². The van der Waals surface area contributed by atoms with Crippen LogP contribution in [0, 0.1) is 0 Å². The Kier molecular flexibility index (Phi) is 3.47. The fourth-order valence-corrected chi connectivity index (χ4v) is 0.997. The van der Waals surface area contributed by atoms with Crippen molar-refractivity contribution < 1.29 is 10.2 Å². The number of thiol groups is 1. The zero-order valence-electron chi connectivity index (χ0n) is 6.83. The van der Waals surface area contributed by atoms with E-state index < -0.39 is 12.2 Å². The van der Waals surface area contributed by atoms with Crippen LogP contribution >= 0.6 is 12.6 Å². The number of hydrogen-bond donors (Lipinski definition) is 4. The molecule has 1 heterocycles. The van der Waals surface area contributed by atoms with Gasteiger partial charge in [-0.15, -0.1) is 0 Å². The average molecular weight is 201 g/mol. The molecule has 4 N–H and O–H groups in total. The van der Waals surface area contributed by atoms with Gasteiger partial charge in [0.05, 0.1) is 24.2 Å². The molecular weight excluding hydrogens is 190 g/mol. The second-order valence-corrected chi connectivity index (χ2v) is 2.93. The summed E-state index contributed by atoms with van der Waals surface area (Å²) in [6.07, 6.45) is 0.642. The molecule has 0 fully saturated rings. The van der Waals surface area contributed by atoms with Gasteiger partial charge in [-0.2, -0.15) is 12.6 Å². The third kappa shape index (κ3) is 2.55. The Labute approximate surface area is 81.0 Å². The SMILES string of the molecule is Nc1cnc(C(O)C(O)CS)cn1. The fourth-order valence-electron chi connectivity index (χ4n) is 0.798. The molecule has 13 heavy (non-hydrogen) atoms. The summed E-state index contributed by atoms with van der Waals surface area (Å²) in [6, 6.07) is 0. The Hall–Kier alpha value is -0.850. The van der Waals surface area contributed by atoms with Crippen molar-refractivity contribution >= 4 is 18.4 Å². The first-order valence-corrected chi connectivity index (χ1v) is 4.32. The second-order valence-electron chi connectivity index (χ2n) is 2.56. The molecule has 0 aromatic carbocycles. The number of aliphatic hydroxyl groups is 2. The Morgan fingerprint density at radius 2 is 2.08 bits per heavy atom. The molecule has 0 amide bonds. The molecule has 0 spiro atoms. The molecule has 2 atom stereocenters. The van der Waals surface area contributed by atoms with Crippen LogP contribution in [0.4, 0.5) is 5.82 Å². The van der Waals surface area contributed by atoms with Gasteiger partial charge in [-0.25, -0.2) is 4.98 Å². The van der Waals surface area contributed by atoms with Crippen molar-refractivity contribution in [3.8, 4) is 0 Å². The number of nitrogens with zero attached hydrogens (tertiary/aromatic N) is 2. The Bertz CT molecular complexity index is 267. The quantitative estimate of drug-likeness (QED) is 0.489. The van der Waals surface area contributed by atoms with Crippen molar-refractivity contribution in [1.82, 2.24) is 9.97 Å². The Balaban J connectivity index is 2.77. The van der Waals surface area contributed by atoms with Gasteiger partial charge in [0.2, 0.25) is 0 Å². The lowest BCUT2D eigenvalue weighted by atomic mass is 10.2. The summed E-state index contributed by atoms with van der Waals surface area (Å²) >= 11 is 3.84. The standard InChI is InChI=1S/C7H11N3O2S/c8-6-2-9-4(1-10-6)7(12)5(11)3-13/h1-2,5,7,11-13H,3H2,(H2,8,10). The maximum atomic E-state index is 9.44. The summed E-state index contributed by atoms with van der Waals surface area (Å²) in [6.45, 7) is 0. The summed E-state index contributed by atoms with van der Waals surface area (Å²) in [5.41, 5.74) is 5.59. The highest BCUT2D eigenvalue weighted by Gasteiger charge is 2.18. The van der Waals surface area contributed by atoms with Crippen molar-refractivity contribution in [3.05, 3.63) is 18.1 Å². The van der Waals surface area contributed by atoms with Crippen LogP contribution in [0.1, 0.15) is 11.8 Å². The lowest BCUT2D eigenvalue weighted by Gasteiger charge is -2.14. The highest BCUT2D eigenvalue weighted by Crippen LogP contribution is 2.14. The summed E-state index contributed by atoms with van der Waals surface area (Å²) < 4.78 is 0. The number of aromatic nitrogens is 2. The molecule has 0 aliphatic carbocycles. The van der Waals surface area contributed by atoms with Crippen LogP contribution < -0.4 is 5.73 Å². The number of hydrogen-bond acceptors (Lipinski definition) is 6. The van der Waals surface area contributed by atoms with Crippen LogP contribution in [0.3, 0.4) is 0 Å². The number of aliphatic hydroxyl groups excluding tert-OH is 2. The lowest BCUT2D eigenvalue weighted by molar-refractivity contribution is 0.0308. The number of anilines is 1. The van der Waals surface area contributed by atoms with Crippen LogP contribution in [-0.4, -0.2) is 32.0 Å². The first-order valence-electron chi connectivity index (χ1n) is 3.69. The molecule has 0 aliphatic heterocycles. The van der Waals surface area contributed by atoms with Gasteiger partial charge in [-0.05, 0) is 0 Å². The minimum atomic E-state index is -1.06. The lowest BCUT2D eigenvalue weighted by Crippen LogP contribution is -2.20. The van der Waals surface area contributed by atoms with Crippen molar-refractivity contribution in [2.75, 3.05) is 11.5 Å². The molecule has 6 heteroatoms. The van der Waals surface area contributed by atoms with Crippen LogP contribution in [0.2, 0.25) is 0 Å².